The van der Waals surface area contributed by atoms with Crippen LogP contribution in [0.1, 0.15) is 12.7 Å². The summed E-state index contributed by atoms with van der Waals surface area (Å²) in [6.07, 6.45) is 0. The van der Waals surface area contributed by atoms with Gasteiger partial charge < -0.3 is 9.64 Å². The summed E-state index contributed by atoms with van der Waals surface area (Å²) >= 11 is 0. The Morgan fingerprint density at radius 2 is 1.69 bits per heavy atom. The third-order valence-electron chi connectivity index (χ3n) is 5.01. The number of rotatable bonds is 5. The number of nitrogens with zero attached hydrogens (tertiary/aromatic N) is 4. The smallest absolute Gasteiger partial charge is 0.243 e. The molecular formula is C21H24N4O3S. The van der Waals surface area contributed by atoms with E-state index in [2.05, 4.69) is 14.9 Å². The summed E-state index contributed by atoms with van der Waals surface area (Å²) in [6.45, 7) is 6.21. The lowest BCUT2D eigenvalue weighted by atomic mass is 10.1. The van der Waals surface area contributed by atoms with Crippen LogP contribution in [0.15, 0.2) is 53.4 Å². The zero-order valence-electron chi connectivity index (χ0n) is 16.6. The molecule has 2 heterocycles. The summed E-state index contributed by atoms with van der Waals surface area (Å²) in [7, 11) is -3.53. The van der Waals surface area contributed by atoms with Crippen LogP contribution in [-0.4, -0.2) is 55.5 Å². The van der Waals surface area contributed by atoms with E-state index in [1.807, 2.05) is 50.2 Å². The van der Waals surface area contributed by atoms with E-state index in [0.29, 0.717) is 49.4 Å². The van der Waals surface area contributed by atoms with Crippen molar-refractivity contribution >= 4 is 26.6 Å². The number of aromatic nitrogens is 2. The first-order chi connectivity index (χ1) is 14.0. The molecule has 0 N–H and O–H groups in total. The SMILES string of the molecule is CCOc1cc(N2CCN(S(=O)(=O)c3ccc4ccccc4c3)CC2)nc(C)n1. The Hall–Kier alpha value is -2.71. The molecule has 1 fully saturated rings. The first-order valence-electron chi connectivity index (χ1n) is 9.70. The van der Waals surface area contributed by atoms with Gasteiger partial charge in [-0.3, -0.25) is 0 Å². The number of piperazine rings is 1. The Kier molecular flexibility index (Phi) is 5.38. The number of anilines is 1. The highest BCUT2D eigenvalue weighted by molar-refractivity contribution is 7.89. The van der Waals surface area contributed by atoms with Gasteiger partial charge in [-0.1, -0.05) is 30.3 Å². The van der Waals surface area contributed by atoms with E-state index in [-0.39, 0.29) is 0 Å². The monoisotopic (exact) mass is 412 g/mol. The summed E-state index contributed by atoms with van der Waals surface area (Å²) in [5.41, 5.74) is 0. The molecule has 1 aliphatic heterocycles. The van der Waals surface area contributed by atoms with E-state index in [9.17, 15) is 8.42 Å². The van der Waals surface area contributed by atoms with E-state index in [1.165, 1.54) is 0 Å². The van der Waals surface area contributed by atoms with Crippen LogP contribution < -0.4 is 9.64 Å². The van der Waals surface area contributed by atoms with Crippen molar-refractivity contribution in [2.24, 2.45) is 0 Å². The molecule has 0 aliphatic carbocycles. The Morgan fingerprint density at radius 1 is 0.966 bits per heavy atom. The fraction of sp³-hybridized carbons (Fsp3) is 0.333. The van der Waals surface area contributed by atoms with Crippen molar-refractivity contribution in [3.05, 3.63) is 54.4 Å². The van der Waals surface area contributed by atoms with Gasteiger partial charge in [0.2, 0.25) is 15.9 Å². The van der Waals surface area contributed by atoms with Crippen molar-refractivity contribution in [1.29, 1.82) is 0 Å². The first kappa shape index (κ1) is 19.6. The zero-order chi connectivity index (χ0) is 20.4. The highest BCUT2D eigenvalue weighted by Crippen LogP contribution is 2.24. The molecule has 0 amide bonds. The molecule has 0 saturated carbocycles. The van der Waals surface area contributed by atoms with Gasteiger partial charge in [0.15, 0.2) is 0 Å². The Morgan fingerprint density at radius 3 is 2.41 bits per heavy atom. The summed E-state index contributed by atoms with van der Waals surface area (Å²) in [6, 6.07) is 14.9. The minimum absolute atomic E-state index is 0.334. The molecule has 0 spiro atoms. The highest BCUT2D eigenvalue weighted by atomic mass is 32.2. The topological polar surface area (TPSA) is 75.6 Å². The summed E-state index contributed by atoms with van der Waals surface area (Å²) in [5.74, 6) is 1.95. The van der Waals surface area contributed by atoms with Crippen molar-refractivity contribution < 1.29 is 13.2 Å². The first-order valence-corrected chi connectivity index (χ1v) is 11.1. The molecule has 0 atom stereocenters. The predicted molar refractivity (Wildman–Crippen MR) is 113 cm³/mol. The van der Waals surface area contributed by atoms with Crippen LogP contribution in [0, 0.1) is 6.92 Å². The van der Waals surface area contributed by atoms with E-state index < -0.39 is 10.0 Å². The van der Waals surface area contributed by atoms with Gasteiger partial charge in [0.05, 0.1) is 11.5 Å². The van der Waals surface area contributed by atoms with Gasteiger partial charge in [-0.05, 0) is 36.8 Å². The van der Waals surface area contributed by atoms with Gasteiger partial charge in [-0.2, -0.15) is 9.29 Å². The van der Waals surface area contributed by atoms with E-state index in [0.717, 1.165) is 16.6 Å². The number of benzene rings is 2. The average molecular weight is 413 g/mol. The van der Waals surface area contributed by atoms with Gasteiger partial charge in [-0.25, -0.2) is 13.4 Å². The number of aryl methyl sites for hydroxylation is 1. The molecule has 1 aliphatic rings. The number of hydrogen-bond acceptors (Lipinski definition) is 6. The second-order valence-electron chi connectivity index (χ2n) is 6.94. The molecule has 4 rings (SSSR count). The molecule has 0 unspecified atom stereocenters. The van der Waals surface area contributed by atoms with Crippen LogP contribution in [0.25, 0.3) is 10.8 Å². The summed E-state index contributed by atoms with van der Waals surface area (Å²) in [4.78, 5) is 11.2. The quantitative estimate of drug-likeness (QED) is 0.641. The molecule has 0 bridgehead atoms. The molecule has 29 heavy (non-hydrogen) atoms. The van der Waals surface area contributed by atoms with Crippen molar-refractivity contribution in [3.63, 3.8) is 0 Å². The Balaban J connectivity index is 1.51. The maximum absolute atomic E-state index is 13.1. The van der Waals surface area contributed by atoms with Crippen molar-refractivity contribution in [2.45, 2.75) is 18.7 Å². The number of fused-ring (bicyclic) bond motifs is 1. The second-order valence-corrected chi connectivity index (χ2v) is 8.88. The van der Waals surface area contributed by atoms with Gasteiger partial charge >= 0.3 is 0 Å². The molecule has 0 radical (unpaired) electrons. The molecule has 8 heteroatoms. The van der Waals surface area contributed by atoms with Crippen LogP contribution in [0.5, 0.6) is 5.88 Å². The zero-order valence-corrected chi connectivity index (χ0v) is 17.4. The van der Waals surface area contributed by atoms with Crippen LogP contribution in [0.3, 0.4) is 0 Å². The number of ether oxygens (including phenoxy) is 1. The summed E-state index contributed by atoms with van der Waals surface area (Å²) in [5, 5.41) is 1.95. The molecule has 1 aromatic heterocycles. The van der Waals surface area contributed by atoms with E-state index in [1.54, 1.807) is 16.4 Å². The molecule has 7 nitrogen and oxygen atoms in total. The minimum atomic E-state index is -3.53. The summed E-state index contributed by atoms with van der Waals surface area (Å²) < 4.78 is 33.3. The molecule has 1 saturated heterocycles. The van der Waals surface area contributed by atoms with Crippen LogP contribution in [0.4, 0.5) is 5.82 Å². The van der Waals surface area contributed by atoms with Crippen LogP contribution in [0.2, 0.25) is 0 Å². The predicted octanol–water partition coefficient (Wildman–Crippen LogP) is 2.85. The highest BCUT2D eigenvalue weighted by Gasteiger charge is 2.29. The van der Waals surface area contributed by atoms with Crippen LogP contribution in [-0.2, 0) is 10.0 Å². The number of sulfonamides is 1. The van der Waals surface area contributed by atoms with Gasteiger partial charge in [0.1, 0.15) is 11.6 Å². The maximum atomic E-state index is 13.1. The van der Waals surface area contributed by atoms with Gasteiger partial charge in [0, 0.05) is 32.2 Å². The molecule has 3 aromatic rings. The largest absolute Gasteiger partial charge is 0.478 e. The third-order valence-corrected chi connectivity index (χ3v) is 6.91. The lowest BCUT2D eigenvalue weighted by Crippen LogP contribution is -2.49. The van der Waals surface area contributed by atoms with Crippen molar-refractivity contribution in [1.82, 2.24) is 14.3 Å². The van der Waals surface area contributed by atoms with Gasteiger partial charge in [-0.15, -0.1) is 0 Å². The third kappa shape index (κ3) is 4.04. The van der Waals surface area contributed by atoms with Crippen LogP contribution >= 0.6 is 0 Å². The lowest BCUT2D eigenvalue weighted by Gasteiger charge is -2.34. The maximum Gasteiger partial charge on any atom is 0.243 e. The van der Waals surface area contributed by atoms with Crippen molar-refractivity contribution in [3.8, 4) is 5.88 Å². The van der Waals surface area contributed by atoms with Crippen molar-refractivity contribution in [2.75, 3.05) is 37.7 Å². The normalized spacial score (nSPS) is 15.6. The fourth-order valence-electron chi connectivity index (χ4n) is 3.54. The molecule has 2 aromatic carbocycles. The van der Waals surface area contributed by atoms with E-state index in [4.69, 9.17) is 4.74 Å². The lowest BCUT2D eigenvalue weighted by molar-refractivity contribution is 0.325. The Bertz CT molecular complexity index is 1130. The molecular weight excluding hydrogens is 388 g/mol. The Labute approximate surface area is 171 Å². The number of hydrogen-bond donors (Lipinski definition) is 0. The second kappa shape index (κ2) is 7.96. The fourth-order valence-corrected chi connectivity index (χ4v) is 5.00. The molecule has 152 valence electrons. The minimum Gasteiger partial charge on any atom is -0.478 e. The standard InChI is InChI=1S/C21H24N4O3S/c1-3-28-21-15-20(22-16(2)23-21)24-10-12-25(13-11-24)29(26,27)19-9-8-17-6-4-5-7-18(17)14-19/h4-9,14-15H,3,10-13H2,1-2H3. The van der Waals surface area contributed by atoms with Gasteiger partial charge in [0.25, 0.3) is 0 Å². The average Bonchev–Trinajstić information content (AvgIpc) is 2.73. The van der Waals surface area contributed by atoms with E-state index >= 15 is 0 Å².